The average Bonchev–Trinajstić information content (AvgIpc) is 2.86. The SMILES string of the molecule is COc1ccc(-c2cc(CN)no2)c(OC)c1. The van der Waals surface area contributed by atoms with E-state index >= 15 is 0 Å². The van der Waals surface area contributed by atoms with Gasteiger partial charge in [-0.05, 0) is 12.1 Å². The fraction of sp³-hybridized carbons (Fsp3) is 0.250. The molecule has 0 spiro atoms. The Morgan fingerprint density at radius 3 is 2.65 bits per heavy atom. The summed E-state index contributed by atoms with van der Waals surface area (Å²) in [4.78, 5) is 0. The van der Waals surface area contributed by atoms with E-state index in [1.807, 2.05) is 12.1 Å². The van der Waals surface area contributed by atoms with E-state index in [9.17, 15) is 0 Å². The van der Waals surface area contributed by atoms with Crippen LogP contribution >= 0.6 is 0 Å². The molecule has 90 valence electrons. The Bertz CT molecular complexity index is 508. The second kappa shape index (κ2) is 4.88. The molecule has 2 aromatic rings. The first-order valence-corrected chi connectivity index (χ1v) is 5.16. The van der Waals surface area contributed by atoms with Gasteiger partial charge in [-0.2, -0.15) is 0 Å². The molecule has 0 aliphatic rings. The number of nitrogens with zero attached hydrogens (tertiary/aromatic N) is 1. The number of hydrogen-bond donors (Lipinski definition) is 1. The summed E-state index contributed by atoms with van der Waals surface area (Å²) in [7, 11) is 3.20. The van der Waals surface area contributed by atoms with Gasteiger partial charge in [-0.15, -0.1) is 0 Å². The molecule has 0 unspecified atom stereocenters. The second-order valence-electron chi connectivity index (χ2n) is 3.45. The lowest BCUT2D eigenvalue weighted by molar-refractivity contribution is 0.390. The topological polar surface area (TPSA) is 70.5 Å². The highest BCUT2D eigenvalue weighted by Crippen LogP contribution is 2.33. The lowest BCUT2D eigenvalue weighted by atomic mass is 10.1. The van der Waals surface area contributed by atoms with Gasteiger partial charge in [0.1, 0.15) is 11.5 Å². The molecule has 0 amide bonds. The molecular weight excluding hydrogens is 220 g/mol. The van der Waals surface area contributed by atoms with Crippen molar-refractivity contribution in [2.45, 2.75) is 6.54 Å². The normalized spacial score (nSPS) is 10.3. The zero-order valence-electron chi connectivity index (χ0n) is 9.77. The summed E-state index contributed by atoms with van der Waals surface area (Å²) in [5.74, 6) is 2.03. The smallest absolute Gasteiger partial charge is 0.170 e. The Morgan fingerprint density at radius 2 is 2.06 bits per heavy atom. The predicted molar refractivity (Wildman–Crippen MR) is 62.9 cm³/mol. The van der Waals surface area contributed by atoms with Crippen LogP contribution in [0.1, 0.15) is 5.69 Å². The molecule has 0 aliphatic carbocycles. The van der Waals surface area contributed by atoms with Crippen molar-refractivity contribution in [1.82, 2.24) is 5.16 Å². The summed E-state index contributed by atoms with van der Waals surface area (Å²) >= 11 is 0. The minimum Gasteiger partial charge on any atom is -0.497 e. The summed E-state index contributed by atoms with van der Waals surface area (Å²) < 4.78 is 15.6. The molecule has 17 heavy (non-hydrogen) atoms. The van der Waals surface area contributed by atoms with Gasteiger partial charge < -0.3 is 19.7 Å². The Morgan fingerprint density at radius 1 is 1.24 bits per heavy atom. The van der Waals surface area contributed by atoms with Crippen LogP contribution < -0.4 is 15.2 Å². The number of hydrogen-bond acceptors (Lipinski definition) is 5. The van der Waals surface area contributed by atoms with Crippen LogP contribution in [0.2, 0.25) is 0 Å². The van der Waals surface area contributed by atoms with Crippen LogP contribution in [0.15, 0.2) is 28.8 Å². The van der Waals surface area contributed by atoms with E-state index in [-0.39, 0.29) is 0 Å². The molecule has 5 heteroatoms. The van der Waals surface area contributed by atoms with Crippen molar-refractivity contribution in [3.05, 3.63) is 30.0 Å². The van der Waals surface area contributed by atoms with Crippen LogP contribution in [-0.4, -0.2) is 19.4 Å². The first kappa shape index (κ1) is 11.5. The molecule has 2 N–H and O–H groups in total. The monoisotopic (exact) mass is 234 g/mol. The lowest BCUT2D eigenvalue weighted by Gasteiger charge is -2.07. The average molecular weight is 234 g/mol. The van der Waals surface area contributed by atoms with Gasteiger partial charge in [-0.1, -0.05) is 5.16 Å². The number of ether oxygens (including phenoxy) is 2. The third-order valence-corrected chi connectivity index (χ3v) is 2.44. The Labute approximate surface area is 99.1 Å². The predicted octanol–water partition coefficient (Wildman–Crippen LogP) is 1.82. The van der Waals surface area contributed by atoms with Crippen LogP contribution in [0.25, 0.3) is 11.3 Å². The summed E-state index contributed by atoms with van der Waals surface area (Å²) in [5, 5.41) is 3.84. The van der Waals surface area contributed by atoms with E-state index in [0.29, 0.717) is 23.7 Å². The van der Waals surface area contributed by atoms with Crippen molar-refractivity contribution in [3.8, 4) is 22.8 Å². The minimum atomic E-state index is 0.349. The quantitative estimate of drug-likeness (QED) is 0.873. The van der Waals surface area contributed by atoms with Crippen LogP contribution in [0, 0.1) is 0 Å². The number of rotatable bonds is 4. The molecule has 2 rings (SSSR count). The molecule has 1 heterocycles. The van der Waals surface area contributed by atoms with Gasteiger partial charge in [0.25, 0.3) is 0 Å². The molecule has 0 saturated heterocycles. The number of aromatic nitrogens is 1. The molecule has 0 fully saturated rings. The molecule has 0 saturated carbocycles. The maximum absolute atomic E-state index is 5.48. The van der Waals surface area contributed by atoms with E-state index < -0.39 is 0 Å². The third kappa shape index (κ3) is 2.24. The van der Waals surface area contributed by atoms with Gasteiger partial charge >= 0.3 is 0 Å². The molecule has 0 atom stereocenters. The Hall–Kier alpha value is -2.01. The van der Waals surface area contributed by atoms with Gasteiger partial charge in [0.2, 0.25) is 0 Å². The first-order chi connectivity index (χ1) is 8.28. The summed E-state index contributed by atoms with van der Waals surface area (Å²) in [6, 6.07) is 7.28. The molecular formula is C12H14N2O3. The van der Waals surface area contributed by atoms with E-state index in [1.54, 1.807) is 26.4 Å². The standard InChI is InChI=1S/C12H14N2O3/c1-15-9-3-4-10(11(6-9)16-2)12-5-8(7-13)14-17-12/h3-6H,7,13H2,1-2H3. The van der Waals surface area contributed by atoms with Crippen LogP contribution in [0.3, 0.4) is 0 Å². The summed E-state index contributed by atoms with van der Waals surface area (Å²) in [6.07, 6.45) is 0. The largest absolute Gasteiger partial charge is 0.497 e. The van der Waals surface area contributed by atoms with Gasteiger partial charge in [0.05, 0.1) is 25.5 Å². The van der Waals surface area contributed by atoms with E-state index in [2.05, 4.69) is 5.16 Å². The summed E-state index contributed by atoms with van der Waals surface area (Å²) in [5.41, 5.74) is 7.01. The van der Waals surface area contributed by atoms with Crippen molar-refractivity contribution in [2.24, 2.45) is 5.73 Å². The molecule has 0 aliphatic heterocycles. The van der Waals surface area contributed by atoms with Gasteiger partial charge in [-0.25, -0.2) is 0 Å². The van der Waals surface area contributed by atoms with Crippen LogP contribution in [0.4, 0.5) is 0 Å². The maximum atomic E-state index is 5.48. The first-order valence-electron chi connectivity index (χ1n) is 5.16. The van der Waals surface area contributed by atoms with Gasteiger partial charge in [-0.3, -0.25) is 0 Å². The third-order valence-electron chi connectivity index (χ3n) is 2.44. The van der Waals surface area contributed by atoms with Gasteiger partial charge in [0, 0.05) is 18.7 Å². The van der Waals surface area contributed by atoms with E-state index in [4.69, 9.17) is 19.7 Å². The fourth-order valence-corrected chi connectivity index (χ4v) is 1.54. The number of benzene rings is 1. The van der Waals surface area contributed by atoms with E-state index in [1.165, 1.54) is 0 Å². The van der Waals surface area contributed by atoms with Crippen molar-refractivity contribution in [1.29, 1.82) is 0 Å². The highest BCUT2D eigenvalue weighted by Gasteiger charge is 2.12. The molecule has 1 aromatic heterocycles. The number of methoxy groups -OCH3 is 2. The zero-order chi connectivity index (χ0) is 12.3. The maximum Gasteiger partial charge on any atom is 0.170 e. The van der Waals surface area contributed by atoms with Gasteiger partial charge in [0.15, 0.2) is 5.76 Å². The number of nitrogens with two attached hydrogens (primary N) is 1. The highest BCUT2D eigenvalue weighted by molar-refractivity contribution is 5.67. The van der Waals surface area contributed by atoms with Crippen LogP contribution in [-0.2, 0) is 6.54 Å². The lowest BCUT2D eigenvalue weighted by Crippen LogP contribution is -1.94. The molecule has 5 nitrogen and oxygen atoms in total. The Kier molecular flexibility index (Phi) is 3.30. The van der Waals surface area contributed by atoms with Crippen molar-refractivity contribution in [3.63, 3.8) is 0 Å². The molecule has 0 radical (unpaired) electrons. The fourth-order valence-electron chi connectivity index (χ4n) is 1.54. The summed E-state index contributed by atoms with van der Waals surface area (Å²) in [6.45, 7) is 0.349. The molecule has 1 aromatic carbocycles. The van der Waals surface area contributed by atoms with Crippen molar-refractivity contribution >= 4 is 0 Å². The van der Waals surface area contributed by atoms with Crippen molar-refractivity contribution < 1.29 is 14.0 Å². The van der Waals surface area contributed by atoms with Crippen LogP contribution in [0.5, 0.6) is 11.5 Å². The van der Waals surface area contributed by atoms with Crippen molar-refractivity contribution in [2.75, 3.05) is 14.2 Å². The minimum absolute atomic E-state index is 0.349. The van der Waals surface area contributed by atoms with E-state index in [0.717, 1.165) is 11.3 Å². The highest BCUT2D eigenvalue weighted by atomic mass is 16.5. The second-order valence-corrected chi connectivity index (χ2v) is 3.45. The molecule has 0 bridgehead atoms. The Balaban J connectivity index is 2.43. The zero-order valence-corrected chi connectivity index (χ0v) is 9.77.